The molecule has 6 heteroatoms. The van der Waals surface area contributed by atoms with Crippen LogP contribution in [0.2, 0.25) is 0 Å². The van der Waals surface area contributed by atoms with Crippen molar-refractivity contribution in [2.24, 2.45) is 0 Å². The Morgan fingerprint density at radius 3 is 0.952 bits per heavy atom. The lowest BCUT2D eigenvalue weighted by Crippen LogP contribution is -2.10. The topological polar surface area (TPSA) is 42.6 Å². The fraction of sp³-hybridized carbons (Fsp3) is 0. The highest BCUT2D eigenvalue weighted by atomic mass is 16.3. The molecule has 22 aromatic carbocycles. The van der Waals surface area contributed by atoms with Gasteiger partial charge in [-0.25, -0.2) is 0 Å². The maximum absolute atomic E-state index is 6.71. The molecule has 26 rings (SSSR count). The highest BCUT2D eigenvalue weighted by Gasteiger charge is 2.25. The van der Waals surface area contributed by atoms with E-state index < -0.39 is 0 Å². The number of furan rings is 2. The van der Waals surface area contributed by atoms with E-state index in [1.807, 2.05) is 18.2 Å². The van der Waals surface area contributed by atoms with Gasteiger partial charge in [-0.3, -0.25) is 0 Å². The van der Waals surface area contributed by atoms with Crippen molar-refractivity contribution in [2.75, 3.05) is 9.80 Å². The van der Waals surface area contributed by atoms with Gasteiger partial charge in [0.25, 0.3) is 0 Å². The Bertz CT molecular complexity index is 8760. The second-order valence-corrected chi connectivity index (χ2v) is 32.9. The molecule has 26 aromatic rings. The van der Waals surface area contributed by atoms with E-state index in [4.69, 9.17) is 8.83 Å². The number of fused-ring (bicyclic) bond motifs is 24. The van der Waals surface area contributed by atoms with Crippen LogP contribution < -0.4 is 9.80 Å². The molecular formula is C120H76N4O2. The summed E-state index contributed by atoms with van der Waals surface area (Å²) in [5.41, 5.74) is 26.3. The number of aromatic nitrogens is 2. The highest BCUT2D eigenvalue weighted by molar-refractivity contribution is 6.28. The van der Waals surface area contributed by atoms with Gasteiger partial charge in [-0.05, 0) is 243 Å². The van der Waals surface area contributed by atoms with Crippen LogP contribution in [0.3, 0.4) is 0 Å². The summed E-state index contributed by atoms with van der Waals surface area (Å²) in [4.78, 5) is 4.74. The zero-order valence-corrected chi connectivity index (χ0v) is 68.5. The van der Waals surface area contributed by atoms with Crippen LogP contribution in [0.15, 0.2) is 470 Å². The van der Waals surface area contributed by atoms with Crippen LogP contribution in [0, 0.1) is 0 Å². The molecule has 0 aliphatic heterocycles. The van der Waals surface area contributed by atoms with Gasteiger partial charge >= 0.3 is 0 Å². The lowest BCUT2D eigenvalue weighted by Gasteiger charge is -2.26. The number of nitrogens with zero attached hydrogens (tertiary/aromatic N) is 4. The van der Waals surface area contributed by atoms with Gasteiger partial charge in [-0.15, -0.1) is 0 Å². The summed E-state index contributed by atoms with van der Waals surface area (Å²) in [5, 5.41) is 24.5. The first kappa shape index (κ1) is 72.1. The molecule has 588 valence electrons. The van der Waals surface area contributed by atoms with Crippen LogP contribution in [-0.4, -0.2) is 9.13 Å². The van der Waals surface area contributed by atoms with E-state index in [1.54, 1.807) is 0 Å². The summed E-state index contributed by atoms with van der Waals surface area (Å²) in [6.07, 6.45) is 0. The molecule has 0 fully saturated rings. The van der Waals surface area contributed by atoms with Crippen molar-refractivity contribution in [3.8, 4) is 55.9 Å². The molecule has 0 saturated heterocycles. The van der Waals surface area contributed by atoms with Gasteiger partial charge in [0.05, 0.1) is 27.8 Å². The fourth-order valence-electron chi connectivity index (χ4n) is 20.1. The van der Waals surface area contributed by atoms with Crippen molar-refractivity contribution in [3.63, 3.8) is 0 Å². The molecule has 0 bridgehead atoms. The molecule has 0 radical (unpaired) electrons. The molecule has 0 amide bonds. The zero-order valence-electron chi connectivity index (χ0n) is 68.5. The first-order valence-electron chi connectivity index (χ1n) is 43.2. The van der Waals surface area contributed by atoms with E-state index in [0.29, 0.717) is 0 Å². The number of hydrogen-bond acceptors (Lipinski definition) is 4. The quantitative estimate of drug-likeness (QED) is 0.114. The minimum atomic E-state index is 0.864. The first-order valence-corrected chi connectivity index (χ1v) is 43.2. The average molecular weight is 1610 g/mol. The SMILES string of the molecule is c1ccc(-c2ccc(-n3c4ccccc4c4cc(-c5ccc(N(c6ccc7c8ccccc8c8ccccc8c7c6)c6cccc7c6oc6ccccc67)cc5)ccc43)cc2)cc1.c1ccc(-n2c3ccccc3c3cc(-c4ccc(N(c5ccc(-c6cccc7c6oc6ccccc67)cc5)c5ccc6c7ccccc7c7ccccc7c6c5)cc4)ccc32)cc1. The summed E-state index contributed by atoms with van der Waals surface area (Å²) < 4.78 is 17.9. The number of hydrogen-bond donors (Lipinski definition) is 0. The Hall–Kier alpha value is -16.8. The third-order valence-corrected chi connectivity index (χ3v) is 25.9. The Morgan fingerprint density at radius 1 is 0.159 bits per heavy atom. The van der Waals surface area contributed by atoms with E-state index in [1.165, 1.54) is 136 Å². The van der Waals surface area contributed by atoms with Gasteiger partial charge in [0, 0.05) is 88.5 Å². The third kappa shape index (κ3) is 11.9. The zero-order chi connectivity index (χ0) is 82.9. The number of para-hydroxylation sites is 7. The summed E-state index contributed by atoms with van der Waals surface area (Å²) in [6.45, 7) is 0. The van der Waals surface area contributed by atoms with Crippen molar-refractivity contribution in [2.45, 2.75) is 0 Å². The van der Waals surface area contributed by atoms with E-state index >= 15 is 0 Å². The largest absolute Gasteiger partial charge is 0.455 e. The van der Waals surface area contributed by atoms with E-state index in [-0.39, 0.29) is 0 Å². The van der Waals surface area contributed by atoms with Crippen molar-refractivity contribution >= 4 is 186 Å². The lowest BCUT2D eigenvalue weighted by molar-refractivity contribution is 0.669. The second-order valence-electron chi connectivity index (χ2n) is 32.9. The van der Waals surface area contributed by atoms with E-state index in [0.717, 1.165) is 106 Å². The summed E-state index contributed by atoms with van der Waals surface area (Å²) >= 11 is 0. The fourth-order valence-corrected chi connectivity index (χ4v) is 20.1. The van der Waals surface area contributed by atoms with Crippen LogP contribution in [0.25, 0.3) is 208 Å². The summed E-state index contributed by atoms with van der Waals surface area (Å²) in [6, 6.07) is 167. The van der Waals surface area contributed by atoms with Crippen LogP contribution >= 0.6 is 0 Å². The van der Waals surface area contributed by atoms with Crippen LogP contribution in [0.5, 0.6) is 0 Å². The number of rotatable bonds is 12. The molecule has 0 atom stereocenters. The van der Waals surface area contributed by atoms with Crippen molar-refractivity contribution < 1.29 is 8.83 Å². The number of anilines is 6. The van der Waals surface area contributed by atoms with Crippen LogP contribution in [-0.2, 0) is 0 Å². The molecule has 4 heterocycles. The molecule has 0 saturated carbocycles. The lowest BCUT2D eigenvalue weighted by atomic mass is 9.94. The Balaban J connectivity index is 0.000000137. The van der Waals surface area contributed by atoms with Crippen molar-refractivity contribution in [1.82, 2.24) is 9.13 Å². The summed E-state index contributed by atoms with van der Waals surface area (Å²) in [7, 11) is 0. The molecule has 126 heavy (non-hydrogen) atoms. The smallest absolute Gasteiger partial charge is 0.159 e. The van der Waals surface area contributed by atoms with Gasteiger partial charge in [0.15, 0.2) is 5.58 Å². The Morgan fingerprint density at radius 2 is 0.468 bits per heavy atom. The van der Waals surface area contributed by atoms with Gasteiger partial charge in [0.1, 0.15) is 16.7 Å². The molecule has 0 N–H and O–H groups in total. The number of benzene rings is 22. The van der Waals surface area contributed by atoms with Crippen LogP contribution in [0.1, 0.15) is 0 Å². The standard InChI is InChI=1S/2C60H38N2O/c1-2-13-42(14-3-1)62-57-23-10-8-19-52(57)56-37-41(29-36-58(56)62)39-25-30-43(31-26-39)61(45-34-35-51-49-17-5-4-15-47(49)48-16-6-7-18-50(48)55(51)38-45)44-32-27-40(28-33-44)46-21-12-22-54-53-20-9-11-24-59(53)63-60(46)54;1-2-13-39(14-3-1)40-25-32-44(33-26-40)62-56-22-10-8-19-51(56)55-37-42(29-36-57(55)62)41-27-30-43(31-28-41)61(58-23-12-21-53-52-20-9-11-24-59(52)63-60(53)58)45-34-35-50-48-17-5-4-15-46(48)47-16-6-7-18-49(47)54(50)38-45/h2*1-38H. The van der Waals surface area contributed by atoms with Gasteiger partial charge in [0.2, 0.25) is 0 Å². The predicted molar refractivity (Wildman–Crippen MR) is 532 cm³/mol. The third-order valence-electron chi connectivity index (χ3n) is 25.9. The van der Waals surface area contributed by atoms with Gasteiger partial charge in [-0.2, -0.15) is 0 Å². The monoisotopic (exact) mass is 1600 g/mol. The minimum absolute atomic E-state index is 0.864. The summed E-state index contributed by atoms with van der Waals surface area (Å²) in [5.74, 6) is 0. The second kappa shape index (κ2) is 29.5. The average Bonchev–Trinajstić information content (AvgIpc) is 0.867. The molecule has 0 aliphatic carbocycles. The highest BCUT2D eigenvalue weighted by Crippen LogP contribution is 2.49. The molecule has 0 unspecified atom stereocenters. The van der Waals surface area contributed by atoms with Crippen molar-refractivity contribution in [3.05, 3.63) is 461 Å². The maximum Gasteiger partial charge on any atom is 0.159 e. The molecule has 0 aliphatic rings. The van der Waals surface area contributed by atoms with E-state index in [9.17, 15) is 0 Å². The van der Waals surface area contributed by atoms with Crippen LogP contribution in [0.4, 0.5) is 34.1 Å². The first-order chi connectivity index (χ1) is 62.5. The minimum Gasteiger partial charge on any atom is -0.455 e. The Labute approximate surface area is 726 Å². The van der Waals surface area contributed by atoms with Gasteiger partial charge < -0.3 is 27.8 Å². The molecule has 0 spiro atoms. The van der Waals surface area contributed by atoms with Crippen molar-refractivity contribution in [1.29, 1.82) is 0 Å². The molecule has 4 aromatic heterocycles. The van der Waals surface area contributed by atoms with E-state index in [2.05, 4.69) is 462 Å². The normalized spacial score (nSPS) is 11.8. The predicted octanol–water partition coefficient (Wildman–Crippen LogP) is 33.9. The Kier molecular flexibility index (Phi) is 16.9. The molecular weight excluding hydrogens is 1530 g/mol. The maximum atomic E-state index is 6.71. The molecule has 6 nitrogen and oxygen atoms in total. The van der Waals surface area contributed by atoms with Gasteiger partial charge in [-0.1, -0.05) is 322 Å².